The number of methoxy groups -OCH3 is 1. The summed E-state index contributed by atoms with van der Waals surface area (Å²) in [7, 11) is 3.57. The van der Waals surface area contributed by atoms with Gasteiger partial charge >= 0.3 is 0 Å². The van der Waals surface area contributed by atoms with Crippen molar-refractivity contribution in [3.8, 4) is 10.7 Å². The Bertz CT molecular complexity index is 569. The number of hydrogen-bond donors (Lipinski definition) is 1. The van der Waals surface area contributed by atoms with Gasteiger partial charge in [-0.2, -0.15) is 5.10 Å². The molecule has 2 aromatic rings. The smallest absolute Gasteiger partial charge is 0.195 e. The molecule has 0 amide bonds. The summed E-state index contributed by atoms with van der Waals surface area (Å²) in [4.78, 5) is 5.60. The van der Waals surface area contributed by atoms with Gasteiger partial charge in [-0.15, -0.1) is 11.3 Å². The lowest BCUT2D eigenvalue weighted by molar-refractivity contribution is 0.184. The van der Waals surface area contributed by atoms with Crippen LogP contribution in [-0.2, 0) is 24.8 Å². The van der Waals surface area contributed by atoms with Gasteiger partial charge in [0.1, 0.15) is 5.01 Å². The Morgan fingerprint density at radius 1 is 1.53 bits per heavy atom. The Morgan fingerprint density at radius 3 is 2.82 bits per heavy atom. The van der Waals surface area contributed by atoms with Crippen LogP contribution in [0.3, 0.4) is 0 Å². The standard InChI is InChI=1S/C10H14N4OS2/c1-4-6-8(17-7(11-6)5-15-3)9-12-13-10(16)14(9)2/h4-5H2,1-3H3,(H,13,16). The van der Waals surface area contributed by atoms with Gasteiger partial charge in [0.2, 0.25) is 0 Å². The van der Waals surface area contributed by atoms with Gasteiger partial charge in [-0.1, -0.05) is 6.92 Å². The maximum absolute atomic E-state index is 5.12. The van der Waals surface area contributed by atoms with Crippen LogP contribution in [0.5, 0.6) is 0 Å². The van der Waals surface area contributed by atoms with E-state index in [4.69, 9.17) is 17.0 Å². The van der Waals surface area contributed by atoms with Gasteiger partial charge in [0, 0.05) is 14.2 Å². The third kappa shape index (κ3) is 2.31. The highest BCUT2D eigenvalue weighted by Gasteiger charge is 2.16. The lowest BCUT2D eigenvalue weighted by atomic mass is 10.3. The monoisotopic (exact) mass is 270 g/mol. The maximum Gasteiger partial charge on any atom is 0.195 e. The summed E-state index contributed by atoms with van der Waals surface area (Å²) in [5.74, 6) is 0.840. The summed E-state index contributed by atoms with van der Waals surface area (Å²) in [5.41, 5.74) is 1.04. The van der Waals surface area contributed by atoms with Crippen molar-refractivity contribution in [2.45, 2.75) is 20.0 Å². The highest BCUT2D eigenvalue weighted by molar-refractivity contribution is 7.71. The molecule has 0 bridgehead atoms. The fourth-order valence-corrected chi connectivity index (χ4v) is 2.83. The zero-order chi connectivity index (χ0) is 12.4. The minimum atomic E-state index is 0.534. The zero-order valence-corrected chi connectivity index (χ0v) is 11.6. The van der Waals surface area contributed by atoms with E-state index in [1.807, 2.05) is 11.6 Å². The summed E-state index contributed by atoms with van der Waals surface area (Å²) in [6.45, 7) is 2.61. The minimum absolute atomic E-state index is 0.534. The number of nitrogens with one attached hydrogen (secondary N) is 1. The third-order valence-electron chi connectivity index (χ3n) is 2.43. The van der Waals surface area contributed by atoms with Crippen molar-refractivity contribution in [3.63, 3.8) is 0 Å². The van der Waals surface area contributed by atoms with E-state index in [-0.39, 0.29) is 0 Å². The normalized spacial score (nSPS) is 11.0. The molecule has 0 radical (unpaired) electrons. The number of thiazole rings is 1. The molecule has 0 unspecified atom stereocenters. The highest BCUT2D eigenvalue weighted by atomic mass is 32.1. The Hall–Kier alpha value is -1.05. The van der Waals surface area contributed by atoms with Crippen LogP contribution in [0.2, 0.25) is 0 Å². The molecule has 1 N–H and O–H groups in total. The van der Waals surface area contributed by atoms with E-state index in [2.05, 4.69) is 22.1 Å². The van der Waals surface area contributed by atoms with E-state index in [0.717, 1.165) is 27.8 Å². The summed E-state index contributed by atoms with van der Waals surface area (Å²) in [6.07, 6.45) is 0.870. The number of hydrogen-bond acceptors (Lipinski definition) is 5. The zero-order valence-electron chi connectivity index (χ0n) is 9.98. The molecular weight excluding hydrogens is 256 g/mol. The summed E-state index contributed by atoms with van der Waals surface area (Å²) in [5, 5.41) is 8.00. The van der Waals surface area contributed by atoms with E-state index in [0.29, 0.717) is 11.4 Å². The topological polar surface area (TPSA) is 55.7 Å². The largest absolute Gasteiger partial charge is 0.378 e. The molecule has 2 rings (SSSR count). The first-order valence-corrected chi connectivity index (χ1v) is 6.49. The molecule has 0 fully saturated rings. The van der Waals surface area contributed by atoms with Crippen LogP contribution in [0.1, 0.15) is 17.6 Å². The molecule has 0 aliphatic rings. The SMILES string of the molecule is CCc1nc(COC)sc1-c1n[nH]c(=S)n1C. The summed E-state index contributed by atoms with van der Waals surface area (Å²) in [6, 6.07) is 0. The van der Waals surface area contributed by atoms with Gasteiger partial charge in [-0.3, -0.25) is 5.10 Å². The van der Waals surface area contributed by atoms with E-state index < -0.39 is 0 Å². The first-order chi connectivity index (χ1) is 8.17. The summed E-state index contributed by atoms with van der Waals surface area (Å²) >= 11 is 6.72. The van der Waals surface area contributed by atoms with Crippen LogP contribution in [0.15, 0.2) is 0 Å². The number of rotatable bonds is 4. The fourth-order valence-electron chi connectivity index (χ4n) is 1.55. The average Bonchev–Trinajstić information content (AvgIpc) is 2.85. The maximum atomic E-state index is 5.12. The van der Waals surface area contributed by atoms with Gasteiger partial charge in [-0.25, -0.2) is 4.98 Å². The number of aryl methyl sites for hydroxylation is 1. The van der Waals surface area contributed by atoms with Crippen LogP contribution >= 0.6 is 23.6 Å². The van der Waals surface area contributed by atoms with Crippen LogP contribution in [-0.4, -0.2) is 26.9 Å². The summed E-state index contributed by atoms with van der Waals surface area (Å²) < 4.78 is 7.58. The minimum Gasteiger partial charge on any atom is -0.378 e. The number of ether oxygens (including phenoxy) is 1. The predicted molar refractivity (Wildman–Crippen MR) is 69.6 cm³/mol. The number of aromatic amines is 1. The highest BCUT2D eigenvalue weighted by Crippen LogP contribution is 2.29. The van der Waals surface area contributed by atoms with E-state index in [9.17, 15) is 0 Å². The number of aromatic nitrogens is 4. The number of H-pyrrole nitrogens is 1. The van der Waals surface area contributed by atoms with Crippen molar-refractivity contribution in [3.05, 3.63) is 15.5 Å². The Labute approximate surface area is 108 Å². The van der Waals surface area contributed by atoms with Crippen LogP contribution in [0.25, 0.3) is 10.7 Å². The third-order valence-corrected chi connectivity index (χ3v) is 3.86. The molecule has 0 aliphatic heterocycles. The molecule has 0 spiro atoms. The molecule has 7 heteroatoms. The van der Waals surface area contributed by atoms with E-state index in [1.165, 1.54) is 0 Å². The molecule has 2 heterocycles. The lowest BCUT2D eigenvalue weighted by Crippen LogP contribution is -1.93. The van der Waals surface area contributed by atoms with Gasteiger partial charge < -0.3 is 9.30 Å². The molecule has 0 aliphatic carbocycles. The number of nitrogens with zero attached hydrogens (tertiary/aromatic N) is 3. The van der Waals surface area contributed by atoms with Crippen molar-refractivity contribution in [2.24, 2.45) is 7.05 Å². The van der Waals surface area contributed by atoms with Gasteiger partial charge in [0.05, 0.1) is 17.2 Å². The first-order valence-electron chi connectivity index (χ1n) is 5.26. The second-order valence-corrected chi connectivity index (χ2v) is 5.05. The van der Waals surface area contributed by atoms with Crippen LogP contribution < -0.4 is 0 Å². The molecule has 0 saturated heterocycles. The van der Waals surface area contributed by atoms with Crippen molar-refractivity contribution in [1.29, 1.82) is 0 Å². The second-order valence-electron chi connectivity index (χ2n) is 3.58. The molecule has 0 atom stereocenters. The van der Waals surface area contributed by atoms with Crippen molar-refractivity contribution >= 4 is 23.6 Å². The fraction of sp³-hybridized carbons (Fsp3) is 0.500. The van der Waals surface area contributed by atoms with E-state index >= 15 is 0 Å². The second kappa shape index (κ2) is 5.07. The van der Waals surface area contributed by atoms with E-state index in [1.54, 1.807) is 18.4 Å². The molecule has 92 valence electrons. The molecule has 2 aromatic heterocycles. The van der Waals surface area contributed by atoms with Crippen molar-refractivity contribution in [2.75, 3.05) is 7.11 Å². The van der Waals surface area contributed by atoms with Crippen LogP contribution in [0.4, 0.5) is 0 Å². The van der Waals surface area contributed by atoms with Gasteiger partial charge in [-0.05, 0) is 18.6 Å². The molecule has 17 heavy (non-hydrogen) atoms. The van der Waals surface area contributed by atoms with Crippen LogP contribution in [0, 0.1) is 4.77 Å². The van der Waals surface area contributed by atoms with Crippen molar-refractivity contribution in [1.82, 2.24) is 19.7 Å². The molecule has 5 nitrogen and oxygen atoms in total. The molecule has 0 saturated carbocycles. The lowest BCUT2D eigenvalue weighted by Gasteiger charge is -1.98. The van der Waals surface area contributed by atoms with Gasteiger partial charge in [0.25, 0.3) is 0 Å². The molecule has 0 aromatic carbocycles. The Balaban J connectivity index is 2.50. The Morgan fingerprint density at radius 2 is 2.29 bits per heavy atom. The molecular formula is C10H14N4OS2. The first kappa shape index (κ1) is 12.4. The average molecular weight is 270 g/mol. The Kier molecular flexibility index (Phi) is 3.70. The van der Waals surface area contributed by atoms with Crippen molar-refractivity contribution < 1.29 is 4.74 Å². The van der Waals surface area contributed by atoms with Gasteiger partial charge in [0.15, 0.2) is 10.6 Å². The predicted octanol–water partition coefficient (Wildman–Crippen LogP) is 2.31. The quantitative estimate of drug-likeness (QED) is 0.866.